The van der Waals surface area contributed by atoms with Crippen molar-refractivity contribution in [1.82, 2.24) is 10.6 Å². The molecule has 1 saturated heterocycles. The van der Waals surface area contributed by atoms with E-state index in [1.165, 1.54) is 6.42 Å². The Morgan fingerprint density at radius 2 is 2.37 bits per heavy atom. The van der Waals surface area contributed by atoms with Gasteiger partial charge in [-0.3, -0.25) is 4.79 Å². The molecule has 1 saturated carbocycles. The Bertz CT molecular complexity index is 634. The van der Waals surface area contributed by atoms with E-state index in [1.807, 2.05) is 24.3 Å². The summed E-state index contributed by atoms with van der Waals surface area (Å²) in [4.78, 5) is 12.3. The summed E-state index contributed by atoms with van der Waals surface area (Å²) in [7, 11) is 0. The Balaban J connectivity index is 1.49. The number of fused-ring (bicyclic) bond motifs is 2. The van der Waals surface area contributed by atoms with Crippen LogP contribution < -0.4 is 10.6 Å². The zero-order chi connectivity index (χ0) is 12.8. The molecule has 3 atom stereocenters. The first-order valence-corrected chi connectivity index (χ1v) is 6.81. The van der Waals surface area contributed by atoms with Gasteiger partial charge in [0.25, 0.3) is 5.91 Å². The fourth-order valence-electron chi connectivity index (χ4n) is 3.17. The van der Waals surface area contributed by atoms with E-state index in [0.29, 0.717) is 18.2 Å². The van der Waals surface area contributed by atoms with E-state index in [0.717, 1.165) is 29.3 Å². The zero-order valence-electron chi connectivity index (χ0n) is 10.6. The van der Waals surface area contributed by atoms with Gasteiger partial charge in [-0.1, -0.05) is 6.07 Å². The van der Waals surface area contributed by atoms with Gasteiger partial charge in [-0.05, 0) is 43.0 Å². The van der Waals surface area contributed by atoms with Gasteiger partial charge in [0.15, 0.2) is 0 Å². The van der Waals surface area contributed by atoms with Crippen molar-refractivity contribution in [3.63, 3.8) is 0 Å². The highest BCUT2D eigenvalue weighted by Crippen LogP contribution is 2.44. The lowest BCUT2D eigenvalue weighted by molar-refractivity contribution is 0.0951. The first kappa shape index (κ1) is 11.1. The van der Waals surface area contributed by atoms with Crippen molar-refractivity contribution in [2.24, 2.45) is 11.8 Å². The fourth-order valence-corrected chi connectivity index (χ4v) is 3.17. The first-order valence-electron chi connectivity index (χ1n) is 6.81. The fraction of sp³-hybridized carbons (Fsp3) is 0.400. The molecule has 2 aliphatic rings. The van der Waals surface area contributed by atoms with Crippen LogP contribution in [0.3, 0.4) is 0 Å². The van der Waals surface area contributed by atoms with Crippen LogP contribution in [0.15, 0.2) is 34.9 Å². The van der Waals surface area contributed by atoms with Crippen molar-refractivity contribution in [2.75, 3.05) is 13.1 Å². The molecule has 0 bridgehead atoms. The third kappa shape index (κ3) is 1.83. The monoisotopic (exact) mass is 256 g/mol. The van der Waals surface area contributed by atoms with Crippen LogP contribution in [0, 0.1) is 11.8 Å². The second kappa shape index (κ2) is 4.10. The van der Waals surface area contributed by atoms with Gasteiger partial charge in [0.05, 0.1) is 11.8 Å². The summed E-state index contributed by atoms with van der Waals surface area (Å²) in [6, 6.07) is 7.87. The normalized spacial score (nSPS) is 28.3. The molecular weight excluding hydrogens is 240 g/mol. The van der Waals surface area contributed by atoms with E-state index in [2.05, 4.69) is 10.6 Å². The quantitative estimate of drug-likeness (QED) is 0.880. The van der Waals surface area contributed by atoms with E-state index in [9.17, 15) is 4.79 Å². The van der Waals surface area contributed by atoms with Crippen molar-refractivity contribution < 1.29 is 9.21 Å². The van der Waals surface area contributed by atoms with Crippen molar-refractivity contribution in [3.05, 3.63) is 36.1 Å². The van der Waals surface area contributed by atoms with Crippen molar-refractivity contribution in [1.29, 1.82) is 0 Å². The number of nitrogens with one attached hydrogen (secondary N) is 2. The maximum atomic E-state index is 12.3. The van der Waals surface area contributed by atoms with Crippen molar-refractivity contribution >= 4 is 16.9 Å². The molecule has 2 heterocycles. The molecule has 2 aromatic rings. The number of furan rings is 1. The number of hydrogen-bond donors (Lipinski definition) is 2. The Morgan fingerprint density at radius 3 is 3.16 bits per heavy atom. The molecular formula is C15H16N2O2. The number of carbonyl (C=O) groups excluding carboxylic acids is 1. The second-order valence-corrected chi connectivity index (χ2v) is 5.52. The summed E-state index contributed by atoms with van der Waals surface area (Å²) in [5, 5.41) is 7.38. The number of benzene rings is 1. The summed E-state index contributed by atoms with van der Waals surface area (Å²) >= 11 is 0. The molecule has 1 aromatic carbocycles. The highest BCUT2D eigenvalue weighted by atomic mass is 16.3. The molecule has 2 fully saturated rings. The van der Waals surface area contributed by atoms with Gasteiger partial charge in [0, 0.05) is 18.0 Å². The highest BCUT2D eigenvalue weighted by Gasteiger charge is 2.47. The van der Waals surface area contributed by atoms with Gasteiger partial charge in [-0.2, -0.15) is 0 Å². The third-order valence-electron chi connectivity index (χ3n) is 4.36. The lowest BCUT2D eigenvalue weighted by Crippen LogP contribution is -2.39. The van der Waals surface area contributed by atoms with Gasteiger partial charge < -0.3 is 15.1 Å². The molecule has 1 aliphatic heterocycles. The van der Waals surface area contributed by atoms with Crippen LogP contribution in [0.5, 0.6) is 0 Å². The maximum Gasteiger partial charge on any atom is 0.252 e. The van der Waals surface area contributed by atoms with E-state index in [4.69, 9.17) is 4.42 Å². The molecule has 0 radical (unpaired) electrons. The number of carbonyl (C=O) groups is 1. The highest BCUT2D eigenvalue weighted by molar-refractivity contribution is 6.05. The molecule has 19 heavy (non-hydrogen) atoms. The minimum Gasteiger partial charge on any atom is -0.464 e. The van der Waals surface area contributed by atoms with E-state index < -0.39 is 0 Å². The molecule has 98 valence electrons. The van der Waals surface area contributed by atoms with Gasteiger partial charge in [0.2, 0.25) is 0 Å². The minimum absolute atomic E-state index is 0.0158. The largest absolute Gasteiger partial charge is 0.464 e. The maximum absolute atomic E-state index is 12.3. The van der Waals surface area contributed by atoms with E-state index in [1.54, 1.807) is 6.26 Å². The minimum atomic E-state index is -0.0158. The van der Waals surface area contributed by atoms with Crippen LogP contribution in [0.25, 0.3) is 11.0 Å². The van der Waals surface area contributed by atoms with Crippen LogP contribution in [0.1, 0.15) is 16.8 Å². The van der Waals surface area contributed by atoms with E-state index in [-0.39, 0.29) is 5.91 Å². The smallest absolute Gasteiger partial charge is 0.252 e. The molecule has 4 nitrogen and oxygen atoms in total. The lowest BCUT2D eigenvalue weighted by atomic mass is 10.1. The molecule has 1 aromatic heterocycles. The first-order chi connectivity index (χ1) is 9.33. The number of piperidine rings is 1. The second-order valence-electron chi connectivity index (χ2n) is 5.52. The molecule has 0 spiro atoms. The van der Waals surface area contributed by atoms with Gasteiger partial charge in [-0.15, -0.1) is 0 Å². The van der Waals surface area contributed by atoms with Crippen molar-refractivity contribution in [3.8, 4) is 0 Å². The summed E-state index contributed by atoms with van der Waals surface area (Å²) in [6.07, 6.45) is 2.94. The molecule has 4 heteroatoms. The lowest BCUT2D eigenvalue weighted by Gasteiger charge is -2.14. The predicted octanol–water partition coefficient (Wildman–Crippen LogP) is 1.77. The Kier molecular flexibility index (Phi) is 2.38. The summed E-state index contributed by atoms with van der Waals surface area (Å²) < 4.78 is 5.32. The molecule has 2 N–H and O–H groups in total. The molecule has 1 aliphatic carbocycles. The standard InChI is InChI=1S/C15H16N2O2/c18-15(17-8-13-12-6-9(12)7-16-13)11-2-1-3-14-10(11)4-5-19-14/h1-5,9,12-13,16H,6-8H2,(H,17,18)/t9-,12-,13+/m0/s1. The number of rotatable bonds is 3. The SMILES string of the molecule is O=C(NC[C@H]1NC[C@@H]2C[C@@H]21)c1cccc2occc12. The molecule has 4 rings (SSSR count). The van der Waals surface area contributed by atoms with Crippen LogP contribution in [0.2, 0.25) is 0 Å². The Labute approximate surface area is 111 Å². The van der Waals surface area contributed by atoms with Crippen LogP contribution in [-0.4, -0.2) is 25.0 Å². The zero-order valence-corrected chi connectivity index (χ0v) is 10.6. The van der Waals surface area contributed by atoms with E-state index >= 15 is 0 Å². The average molecular weight is 256 g/mol. The van der Waals surface area contributed by atoms with Crippen LogP contribution in [0.4, 0.5) is 0 Å². The summed E-state index contributed by atoms with van der Waals surface area (Å²) in [6.45, 7) is 1.83. The van der Waals surface area contributed by atoms with Gasteiger partial charge >= 0.3 is 0 Å². The molecule has 1 amide bonds. The predicted molar refractivity (Wildman–Crippen MR) is 71.9 cm³/mol. The Morgan fingerprint density at radius 1 is 1.42 bits per heavy atom. The third-order valence-corrected chi connectivity index (χ3v) is 4.36. The summed E-state index contributed by atoms with van der Waals surface area (Å²) in [5.41, 5.74) is 1.45. The van der Waals surface area contributed by atoms with Gasteiger partial charge in [0.1, 0.15) is 5.58 Å². The molecule has 0 unspecified atom stereocenters. The van der Waals surface area contributed by atoms with Crippen molar-refractivity contribution in [2.45, 2.75) is 12.5 Å². The average Bonchev–Trinajstić information content (AvgIpc) is 2.87. The van der Waals surface area contributed by atoms with Crippen LogP contribution >= 0.6 is 0 Å². The topological polar surface area (TPSA) is 54.3 Å². The van der Waals surface area contributed by atoms with Crippen LogP contribution in [-0.2, 0) is 0 Å². The number of amides is 1. The Hall–Kier alpha value is -1.81. The van der Waals surface area contributed by atoms with Gasteiger partial charge in [-0.25, -0.2) is 0 Å². The number of hydrogen-bond acceptors (Lipinski definition) is 3. The summed E-state index contributed by atoms with van der Waals surface area (Å²) in [5.74, 6) is 1.63.